The highest BCUT2D eigenvalue weighted by Gasteiger charge is 2.41. The summed E-state index contributed by atoms with van der Waals surface area (Å²) in [7, 11) is 1.74. The molecule has 0 bridgehead atoms. The average molecular weight is 287 g/mol. The summed E-state index contributed by atoms with van der Waals surface area (Å²) in [6.45, 7) is 4.21. The Balaban J connectivity index is 1.86. The van der Waals surface area contributed by atoms with E-state index in [1.165, 1.54) is 27.7 Å². The summed E-state index contributed by atoms with van der Waals surface area (Å²) in [5.41, 5.74) is 6.09. The number of hydrogen-bond acceptors (Lipinski definition) is 1. The summed E-state index contributed by atoms with van der Waals surface area (Å²) in [5, 5.41) is 0.779. The van der Waals surface area contributed by atoms with Crippen molar-refractivity contribution in [3.8, 4) is 5.75 Å². The highest BCUT2D eigenvalue weighted by molar-refractivity contribution is 6.31. The molecule has 1 unspecified atom stereocenters. The molecule has 4 heteroatoms. The van der Waals surface area contributed by atoms with Crippen molar-refractivity contribution < 1.29 is 4.74 Å². The lowest BCUT2D eigenvalue weighted by atomic mass is 10.0. The predicted octanol–water partition coefficient (Wildman–Crippen LogP) is 4.13. The number of rotatable bonds is 2. The van der Waals surface area contributed by atoms with Crippen LogP contribution in [0.1, 0.15) is 22.9 Å². The second-order valence-electron chi connectivity index (χ2n) is 5.40. The van der Waals surface area contributed by atoms with Gasteiger partial charge in [-0.1, -0.05) is 23.2 Å². The van der Waals surface area contributed by atoms with Gasteiger partial charge < -0.3 is 4.74 Å². The number of aromatic nitrogens is 2. The fourth-order valence-electron chi connectivity index (χ4n) is 3.22. The van der Waals surface area contributed by atoms with E-state index in [1.54, 1.807) is 7.11 Å². The van der Waals surface area contributed by atoms with Crippen molar-refractivity contribution in [1.82, 2.24) is 9.36 Å². The molecule has 0 amide bonds. The number of ether oxygens (including phenoxy) is 1. The third-order valence-electron chi connectivity index (χ3n) is 4.00. The summed E-state index contributed by atoms with van der Waals surface area (Å²) in [6, 6.07) is 10.4. The maximum absolute atomic E-state index is 6.07. The lowest BCUT2D eigenvalue weighted by Crippen LogP contribution is -1.97. The molecule has 1 aliphatic rings. The van der Waals surface area contributed by atoms with Gasteiger partial charge in [-0.3, -0.25) is 9.36 Å². The van der Waals surface area contributed by atoms with E-state index in [-0.39, 0.29) is 6.17 Å². The van der Waals surface area contributed by atoms with E-state index in [4.69, 9.17) is 16.3 Å². The Hall–Kier alpha value is -1.87. The van der Waals surface area contributed by atoms with E-state index < -0.39 is 0 Å². The molecule has 0 N–H and O–H groups in total. The monoisotopic (exact) mass is 286 g/mol. The predicted molar refractivity (Wildman–Crippen MR) is 80.9 cm³/mol. The number of nitrogens with zero attached hydrogens (tertiary/aromatic N) is 2. The van der Waals surface area contributed by atoms with Crippen LogP contribution in [0.2, 0.25) is 5.02 Å². The van der Waals surface area contributed by atoms with Crippen LogP contribution in [0.25, 0.3) is 11.0 Å². The molecular weight excluding hydrogens is 272 g/mol. The van der Waals surface area contributed by atoms with Crippen LogP contribution in [0.4, 0.5) is 0 Å². The van der Waals surface area contributed by atoms with E-state index in [9.17, 15) is 0 Å². The topological polar surface area (TPSA) is 19.1 Å². The van der Waals surface area contributed by atoms with Gasteiger partial charge >= 0.3 is 0 Å². The summed E-state index contributed by atoms with van der Waals surface area (Å²) in [5.74, 6) is 0.979. The molecule has 0 radical (unpaired) electrons. The molecule has 1 atom stereocenters. The van der Waals surface area contributed by atoms with Crippen LogP contribution >= 0.6 is 11.6 Å². The fraction of sp³-hybridized carbons (Fsp3) is 0.250. The summed E-state index contributed by atoms with van der Waals surface area (Å²) in [4.78, 5) is 0. The molecule has 20 heavy (non-hydrogen) atoms. The van der Waals surface area contributed by atoms with Crippen molar-refractivity contribution in [1.29, 1.82) is 0 Å². The molecule has 1 aliphatic heterocycles. The molecule has 0 spiro atoms. The van der Waals surface area contributed by atoms with Gasteiger partial charge in [0.1, 0.15) is 5.75 Å². The summed E-state index contributed by atoms with van der Waals surface area (Å²) in [6.07, 6.45) is 0.247. The van der Waals surface area contributed by atoms with Gasteiger partial charge in [0, 0.05) is 10.6 Å². The third-order valence-corrected chi connectivity index (χ3v) is 4.24. The minimum absolute atomic E-state index is 0.247. The molecule has 3 nitrogen and oxygen atoms in total. The van der Waals surface area contributed by atoms with Gasteiger partial charge in [-0.15, -0.1) is 0 Å². The summed E-state index contributed by atoms with van der Waals surface area (Å²) >= 11 is 6.07. The van der Waals surface area contributed by atoms with Crippen LogP contribution in [0.5, 0.6) is 5.75 Å². The molecule has 102 valence electrons. The van der Waals surface area contributed by atoms with Gasteiger partial charge in [0.05, 0.1) is 18.1 Å². The van der Waals surface area contributed by atoms with Crippen LogP contribution in [0.3, 0.4) is 0 Å². The van der Waals surface area contributed by atoms with Gasteiger partial charge in [0.15, 0.2) is 6.17 Å². The van der Waals surface area contributed by atoms with Crippen LogP contribution in [-0.4, -0.2) is 16.5 Å². The Kier molecular flexibility index (Phi) is 2.28. The Morgan fingerprint density at radius 3 is 2.55 bits per heavy atom. The molecular formula is C16H15ClN2O. The Bertz CT molecular complexity index is 844. The van der Waals surface area contributed by atoms with Crippen LogP contribution < -0.4 is 4.74 Å². The van der Waals surface area contributed by atoms with E-state index in [1.807, 2.05) is 12.1 Å². The van der Waals surface area contributed by atoms with Gasteiger partial charge in [-0.25, -0.2) is 0 Å². The van der Waals surface area contributed by atoms with E-state index in [0.717, 1.165) is 10.8 Å². The fourth-order valence-corrected chi connectivity index (χ4v) is 3.38. The van der Waals surface area contributed by atoms with Crippen LogP contribution in [0.15, 0.2) is 30.3 Å². The first-order chi connectivity index (χ1) is 9.61. The first kappa shape index (κ1) is 11.9. The maximum Gasteiger partial charge on any atom is 0.170 e. The molecule has 1 aromatic heterocycles. The van der Waals surface area contributed by atoms with Crippen molar-refractivity contribution in [3.05, 3.63) is 52.0 Å². The SMILES string of the molecule is COc1c(C)cc(C)cc1C1n2c3ccc(Cl)cc3n21. The minimum atomic E-state index is 0.247. The van der Waals surface area contributed by atoms with Crippen molar-refractivity contribution >= 4 is 22.6 Å². The normalized spacial score (nSPS) is 16.5. The van der Waals surface area contributed by atoms with Crippen molar-refractivity contribution in [2.45, 2.75) is 20.0 Å². The molecule has 0 fully saturated rings. The Morgan fingerprint density at radius 2 is 1.80 bits per heavy atom. The standard InChI is InChI=1S/C16H15ClN2O/c1-9-6-10(2)15(20-3)12(7-9)16-18-13-5-4-11(17)8-14(13)19(16)18/h4-8,16H,1-3H3. The number of halogens is 1. The van der Waals surface area contributed by atoms with Gasteiger partial charge in [-0.05, 0) is 43.7 Å². The van der Waals surface area contributed by atoms with Gasteiger partial charge in [-0.2, -0.15) is 0 Å². The van der Waals surface area contributed by atoms with E-state index >= 15 is 0 Å². The number of fused-ring (bicyclic) bond motifs is 4. The first-order valence-electron chi connectivity index (χ1n) is 6.65. The smallest absolute Gasteiger partial charge is 0.170 e. The number of benzene rings is 2. The molecule has 0 saturated carbocycles. The van der Waals surface area contributed by atoms with Crippen molar-refractivity contribution in [3.63, 3.8) is 0 Å². The largest absolute Gasteiger partial charge is 0.496 e. The van der Waals surface area contributed by atoms with E-state index in [2.05, 4.69) is 41.4 Å². The second-order valence-corrected chi connectivity index (χ2v) is 5.84. The Labute approximate surface area is 122 Å². The van der Waals surface area contributed by atoms with Crippen molar-refractivity contribution in [2.75, 3.05) is 7.11 Å². The van der Waals surface area contributed by atoms with E-state index in [0.29, 0.717) is 0 Å². The third kappa shape index (κ3) is 1.41. The Morgan fingerprint density at radius 1 is 1.05 bits per heavy atom. The van der Waals surface area contributed by atoms with Crippen LogP contribution in [0, 0.1) is 13.8 Å². The lowest BCUT2D eigenvalue weighted by molar-refractivity contribution is 0.405. The minimum Gasteiger partial charge on any atom is -0.496 e. The van der Waals surface area contributed by atoms with Gasteiger partial charge in [0.2, 0.25) is 0 Å². The highest BCUT2D eigenvalue weighted by atomic mass is 35.5. The van der Waals surface area contributed by atoms with Crippen LogP contribution in [-0.2, 0) is 0 Å². The molecule has 2 heterocycles. The summed E-state index contributed by atoms with van der Waals surface area (Å²) < 4.78 is 10.1. The average Bonchev–Trinajstić information content (AvgIpc) is 3.05. The second kappa shape index (κ2) is 3.83. The van der Waals surface area contributed by atoms with Gasteiger partial charge in [0.25, 0.3) is 0 Å². The zero-order valence-corrected chi connectivity index (χ0v) is 12.4. The number of aryl methyl sites for hydroxylation is 2. The molecule has 0 saturated heterocycles. The maximum atomic E-state index is 6.07. The zero-order chi connectivity index (χ0) is 14.0. The number of hydrogen-bond donors (Lipinski definition) is 0. The molecule has 0 aliphatic carbocycles. The number of methoxy groups -OCH3 is 1. The molecule has 4 rings (SSSR count). The molecule has 3 aromatic rings. The molecule has 2 aromatic carbocycles. The van der Waals surface area contributed by atoms with Crippen molar-refractivity contribution in [2.24, 2.45) is 0 Å². The lowest BCUT2D eigenvalue weighted by Gasteiger charge is -2.10. The quantitative estimate of drug-likeness (QED) is 0.542. The first-order valence-corrected chi connectivity index (χ1v) is 7.02. The zero-order valence-electron chi connectivity index (χ0n) is 11.6. The highest BCUT2D eigenvalue weighted by Crippen LogP contribution is 2.47.